The molecule has 0 radical (unpaired) electrons. The fourth-order valence-corrected chi connectivity index (χ4v) is 2.00. The second kappa shape index (κ2) is 4.96. The van der Waals surface area contributed by atoms with E-state index in [1.807, 2.05) is 0 Å². The van der Waals surface area contributed by atoms with E-state index >= 15 is 0 Å². The minimum Gasteiger partial charge on any atom is -0.382 e. The Hall–Kier alpha value is -1.96. The third kappa shape index (κ3) is 3.28. The number of aryl methyl sites for hydroxylation is 1. The molecule has 9 nitrogen and oxygen atoms in total. The van der Waals surface area contributed by atoms with Crippen LogP contribution in [0.1, 0.15) is 6.42 Å². The molecule has 0 spiro atoms. The Morgan fingerprint density at radius 3 is 2.79 bits per heavy atom. The van der Waals surface area contributed by atoms with E-state index in [1.165, 1.54) is 12.4 Å². The van der Waals surface area contributed by atoms with Crippen molar-refractivity contribution in [1.29, 1.82) is 0 Å². The summed E-state index contributed by atoms with van der Waals surface area (Å²) < 4.78 is 12.3. The number of nitrogen functional groups attached to an aromatic ring is 2. The molecule has 2 heterocycles. The van der Waals surface area contributed by atoms with Gasteiger partial charge in [-0.1, -0.05) is 6.08 Å². The summed E-state index contributed by atoms with van der Waals surface area (Å²) >= 11 is 0. The van der Waals surface area contributed by atoms with E-state index in [-0.39, 0.29) is 11.8 Å². The molecule has 0 aliphatic rings. The predicted molar refractivity (Wildman–Crippen MR) is 69.9 cm³/mol. The van der Waals surface area contributed by atoms with Crippen LogP contribution in [-0.4, -0.2) is 29.3 Å². The number of nitrogens with two attached hydrogens (primary N) is 2. The molecular formula is C9H13N6O3P. The van der Waals surface area contributed by atoms with Crippen molar-refractivity contribution in [1.82, 2.24) is 19.5 Å². The van der Waals surface area contributed by atoms with Crippen molar-refractivity contribution < 1.29 is 14.4 Å². The third-order valence-electron chi connectivity index (χ3n) is 2.34. The van der Waals surface area contributed by atoms with Crippen LogP contribution in [0.5, 0.6) is 0 Å². The van der Waals surface area contributed by atoms with Gasteiger partial charge in [-0.3, -0.25) is 4.57 Å². The second-order valence-electron chi connectivity index (χ2n) is 3.84. The first-order valence-electron chi connectivity index (χ1n) is 5.33. The lowest BCUT2D eigenvalue weighted by Gasteiger charge is -2.02. The lowest BCUT2D eigenvalue weighted by atomic mass is 10.4. The first-order chi connectivity index (χ1) is 8.87. The Bertz CT molecular complexity index is 676. The molecule has 102 valence electrons. The van der Waals surface area contributed by atoms with Crippen molar-refractivity contribution in [3.05, 3.63) is 18.2 Å². The van der Waals surface area contributed by atoms with Crippen LogP contribution in [0.15, 0.2) is 18.2 Å². The van der Waals surface area contributed by atoms with Crippen molar-refractivity contribution >= 4 is 30.5 Å². The number of allylic oxidation sites excluding steroid dienone is 1. The molecule has 6 N–H and O–H groups in total. The zero-order valence-corrected chi connectivity index (χ0v) is 10.7. The zero-order chi connectivity index (χ0) is 14.0. The van der Waals surface area contributed by atoms with Gasteiger partial charge in [0.05, 0.1) is 6.33 Å². The molecular weight excluding hydrogens is 271 g/mol. The molecule has 0 saturated carbocycles. The van der Waals surface area contributed by atoms with Gasteiger partial charge >= 0.3 is 7.60 Å². The van der Waals surface area contributed by atoms with Gasteiger partial charge in [-0.25, -0.2) is 4.98 Å². The molecule has 0 saturated heterocycles. The smallest absolute Gasteiger partial charge is 0.348 e. The Morgan fingerprint density at radius 2 is 2.11 bits per heavy atom. The molecule has 0 bridgehead atoms. The van der Waals surface area contributed by atoms with Gasteiger partial charge in [0.2, 0.25) is 5.95 Å². The maximum atomic E-state index is 10.6. The summed E-state index contributed by atoms with van der Waals surface area (Å²) in [5.41, 5.74) is 12.1. The number of fused-ring (bicyclic) bond motifs is 1. The Morgan fingerprint density at radius 1 is 1.37 bits per heavy atom. The highest BCUT2D eigenvalue weighted by Gasteiger charge is 2.09. The van der Waals surface area contributed by atoms with Gasteiger partial charge in [-0.15, -0.1) is 0 Å². The van der Waals surface area contributed by atoms with Crippen LogP contribution < -0.4 is 11.5 Å². The number of hydrogen-bond acceptors (Lipinski definition) is 6. The summed E-state index contributed by atoms with van der Waals surface area (Å²) in [5, 5.41) is 0. The van der Waals surface area contributed by atoms with Gasteiger partial charge in [-0.05, 0) is 6.42 Å². The number of hydrogen-bond donors (Lipinski definition) is 4. The lowest BCUT2D eigenvalue weighted by Crippen LogP contribution is -2.03. The molecule has 0 aliphatic heterocycles. The number of rotatable bonds is 4. The second-order valence-corrected chi connectivity index (χ2v) is 5.32. The first kappa shape index (κ1) is 13.5. The van der Waals surface area contributed by atoms with E-state index in [1.54, 1.807) is 4.57 Å². The molecule has 2 rings (SSSR count). The van der Waals surface area contributed by atoms with Crippen molar-refractivity contribution in [2.75, 3.05) is 11.5 Å². The largest absolute Gasteiger partial charge is 0.382 e. The minimum atomic E-state index is -4.11. The average Bonchev–Trinajstić information content (AvgIpc) is 2.66. The van der Waals surface area contributed by atoms with Crippen LogP contribution in [-0.2, 0) is 11.1 Å². The molecule has 2 aromatic heterocycles. The van der Waals surface area contributed by atoms with Gasteiger partial charge in [0.25, 0.3) is 0 Å². The number of nitrogens with zero attached hydrogens (tertiary/aromatic N) is 4. The minimum absolute atomic E-state index is 0.0532. The van der Waals surface area contributed by atoms with Gasteiger partial charge < -0.3 is 25.8 Å². The number of anilines is 2. The monoisotopic (exact) mass is 284 g/mol. The van der Waals surface area contributed by atoms with Crippen molar-refractivity contribution in [3.8, 4) is 0 Å². The molecule has 0 unspecified atom stereocenters. The molecule has 0 aromatic carbocycles. The van der Waals surface area contributed by atoms with Crippen LogP contribution >= 0.6 is 7.60 Å². The van der Waals surface area contributed by atoms with E-state index in [9.17, 15) is 4.57 Å². The van der Waals surface area contributed by atoms with Crippen molar-refractivity contribution in [3.63, 3.8) is 0 Å². The van der Waals surface area contributed by atoms with Crippen molar-refractivity contribution in [2.45, 2.75) is 13.0 Å². The standard InChI is InChI=1S/C9H13N6O3P/c10-7-6-8(14-9(11)13-7)15(5-12-6)3-1-2-4-19(16,17)18/h2,4-5H,1,3H2,(H2,16,17,18)(H4,10,11,13,14). The topological polar surface area (TPSA) is 153 Å². The highest BCUT2D eigenvalue weighted by molar-refractivity contribution is 7.55. The molecule has 10 heteroatoms. The van der Waals surface area contributed by atoms with Crippen LogP contribution in [0, 0.1) is 0 Å². The average molecular weight is 284 g/mol. The molecule has 0 aliphatic carbocycles. The summed E-state index contributed by atoms with van der Waals surface area (Å²) in [6, 6.07) is 0. The molecule has 0 atom stereocenters. The molecule has 19 heavy (non-hydrogen) atoms. The van der Waals surface area contributed by atoms with Gasteiger partial charge in [-0.2, -0.15) is 9.97 Å². The fraction of sp³-hybridized carbons (Fsp3) is 0.222. The third-order valence-corrected chi connectivity index (χ3v) is 2.94. The zero-order valence-electron chi connectivity index (χ0n) is 9.84. The fourth-order valence-electron chi connectivity index (χ4n) is 1.57. The van der Waals surface area contributed by atoms with Crippen LogP contribution in [0.2, 0.25) is 0 Å². The summed E-state index contributed by atoms with van der Waals surface area (Å²) in [6.45, 7) is 0.447. The Balaban J connectivity index is 2.18. The highest BCUT2D eigenvalue weighted by Crippen LogP contribution is 2.36. The Kier molecular flexibility index (Phi) is 3.52. The number of aromatic nitrogens is 4. The highest BCUT2D eigenvalue weighted by atomic mass is 31.2. The van der Waals surface area contributed by atoms with Crippen LogP contribution in [0.25, 0.3) is 11.2 Å². The van der Waals surface area contributed by atoms with E-state index in [4.69, 9.17) is 21.3 Å². The van der Waals surface area contributed by atoms with Crippen LogP contribution in [0.3, 0.4) is 0 Å². The summed E-state index contributed by atoms with van der Waals surface area (Å²) in [5.74, 6) is 1.12. The molecule has 0 fully saturated rings. The lowest BCUT2D eigenvalue weighted by molar-refractivity contribution is 0.386. The molecule has 0 amide bonds. The Labute approximate surface area is 108 Å². The van der Waals surface area contributed by atoms with Crippen molar-refractivity contribution in [2.24, 2.45) is 0 Å². The van der Waals surface area contributed by atoms with Gasteiger partial charge in [0.15, 0.2) is 11.5 Å². The quantitative estimate of drug-likeness (QED) is 0.575. The normalized spacial score (nSPS) is 12.5. The maximum Gasteiger partial charge on any atom is 0.348 e. The maximum absolute atomic E-state index is 10.6. The first-order valence-corrected chi connectivity index (χ1v) is 7.02. The van der Waals surface area contributed by atoms with E-state index in [0.717, 1.165) is 5.82 Å². The van der Waals surface area contributed by atoms with Gasteiger partial charge in [0.1, 0.15) is 5.52 Å². The SMILES string of the molecule is Nc1nc(N)c2ncn(CCC=CP(=O)(O)O)c2n1. The van der Waals surface area contributed by atoms with Crippen LogP contribution in [0.4, 0.5) is 11.8 Å². The molecule has 2 aromatic rings. The van der Waals surface area contributed by atoms with E-state index < -0.39 is 7.60 Å². The predicted octanol–water partition coefficient (Wildman–Crippen LogP) is 0.0722. The number of imidazole rings is 1. The van der Waals surface area contributed by atoms with E-state index in [0.29, 0.717) is 24.1 Å². The summed E-state index contributed by atoms with van der Waals surface area (Å²) in [6.07, 6.45) is 3.35. The van der Waals surface area contributed by atoms with Gasteiger partial charge in [0, 0.05) is 12.4 Å². The summed E-state index contributed by atoms with van der Waals surface area (Å²) in [4.78, 5) is 29.2. The van der Waals surface area contributed by atoms with E-state index in [2.05, 4.69) is 15.0 Å². The summed E-state index contributed by atoms with van der Waals surface area (Å²) in [7, 11) is -4.11.